The number of nitrogens with zero attached hydrogens (tertiary/aromatic N) is 6. The van der Waals surface area contributed by atoms with Gasteiger partial charge in [-0.1, -0.05) is 23.7 Å². The second-order valence-electron chi connectivity index (χ2n) is 12.3. The molecule has 0 saturated carbocycles. The number of fused-ring (bicyclic) bond motifs is 2. The van der Waals surface area contributed by atoms with E-state index in [1.807, 2.05) is 45.9 Å². The molecule has 0 aliphatic carbocycles. The molecule has 4 heterocycles. The third kappa shape index (κ3) is 6.03. The van der Waals surface area contributed by atoms with Gasteiger partial charge in [0.05, 0.1) is 40.8 Å². The number of aliphatic hydroxyl groups excluding tert-OH is 1. The third-order valence-electron chi connectivity index (χ3n) is 7.92. The van der Waals surface area contributed by atoms with E-state index in [1.54, 1.807) is 40.9 Å². The lowest BCUT2D eigenvalue weighted by Crippen LogP contribution is -2.40. The van der Waals surface area contributed by atoms with Crippen molar-refractivity contribution in [2.75, 3.05) is 11.9 Å². The van der Waals surface area contributed by atoms with Gasteiger partial charge in [-0.05, 0) is 63.1 Å². The Hall–Kier alpha value is -5.25. The van der Waals surface area contributed by atoms with E-state index >= 15 is 0 Å². The van der Waals surface area contributed by atoms with Crippen molar-refractivity contribution in [1.29, 1.82) is 5.26 Å². The molecule has 2 N–H and O–H groups in total. The minimum atomic E-state index is -0.618. The lowest BCUT2D eigenvalue weighted by atomic mass is 9.99. The average Bonchev–Trinajstić information content (AvgIpc) is 3.61. The zero-order chi connectivity index (χ0) is 33.6. The van der Waals surface area contributed by atoms with E-state index < -0.39 is 17.6 Å². The average molecular weight is 654 g/mol. The molecule has 13 heteroatoms. The van der Waals surface area contributed by atoms with E-state index in [0.717, 1.165) is 11.3 Å². The Kier molecular flexibility index (Phi) is 8.21. The first-order valence-electron chi connectivity index (χ1n) is 14.9. The molecular weight excluding hydrogens is 622 g/mol. The molecule has 47 heavy (non-hydrogen) atoms. The van der Waals surface area contributed by atoms with Crippen LogP contribution in [0, 0.1) is 18.3 Å². The van der Waals surface area contributed by atoms with Crippen molar-refractivity contribution in [2.45, 2.75) is 52.9 Å². The van der Waals surface area contributed by atoms with Crippen molar-refractivity contribution >= 4 is 40.4 Å². The zero-order valence-electron chi connectivity index (χ0n) is 26.5. The Bertz CT molecular complexity index is 2100. The van der Waals surface area contributed by atoms with Gasteiger partial charge in [0.1, 0.15) is 17.2 Å². The molecule has 12 nitrogen and oxygen atoms in total. The van der Waals surface area contributed by atoms with Crippen LogP contribution >= 0.6 is 11.6 Å². The van der Waals surface area contributed by atoms with Crippen molar-refractivity contribution in [3.8, 4) is 28.8 Å². The van der Waals surface area contributed by atoms with Crippen LogP contribution in [0.3, 0.4) is 0 Å². The summed E-state index contributed by atoms with van der Waals surface area (Å²) in [5.74, 6) is 0.0264. The monoisotopic (exact) mass is 653 g/mol. The summed E-state index contributed by atoms with van der Waals surface area (Å²) in [6.07, 6.45) is 1.66. The fourth-order valence-electron chi connectivity index (χ4n) is 5.62. The van der Waals surface area contributed by atoms with Crippen molar-refractivity contribution in [2.24, 2.45) is 7.05 Å². The van der Waals surface area contributed by atoms with Gasteiger partial charge in [0.25, 0.3) is 5.91 Å². The summed E-state index contributed by atoms with van der Waals surface area (Å²) in [4.78, 5) is 41.4. The second kappa shape index (κ2) is 12.2. The highest BCUT2D eigenvalue weighted by Gasteiger charge is 2.30. The first-order valence-corrected chi connectivity index (χ1v) is 15.3. The number of pyridine rings is 1. The normalized spacial score (nSPS) is 12.9. The molecule has 240 valence electrons. The van der Waals surface area contributed by atoms with Crippen molar-refractivity contribution in [3.63, 3.8) is 0 Å². The molecule has 1 aliphatic rings. The van der Waals surface area contributed by atoms with Crippen LogP contribution in [0.15, 0.2) is 47.0 Å². The van der Waals surface area contributed by atoms with E-state index in [1.165, 1.54) is 0 Å². The number of aromatic nitrogens is 4. The Morgan fingerprint density at radius 1 is 1.19 bits per heavy atom. The lowest BCUT2D eigenvalue weighted by molar-refractivity contribution is 0.0220. The third-order valence-corrected chi connectivity index (χ3v) is 8.30. The molecule has 2 aromatic carbocycles. The topological polar surface area (TPSA) is 159 Å². The minimum Gasteiger partial charge on any atom is -0.444 e. The van der Waals surface area contributed by atoms with Crippen LogP contribution < -0.4 is 5.32 Å². The van der Waals surface area contributed by atoms with Crippen molar-refractivity contribution < 1.29 is 23.8 Å². The quantitative estimate of drug-likeness (QED) is 0.226. The Morgan fingerprint density at radius 2 is 1.96 bits per heavy atom. The highest BCUT2D eigenvalue weighted by atomic mass is 35.5. The number of hydrogen-bond donors (Lipinski definition) is 2. The van der Waals surface area contributed by atoms with Crippen LogP contribution in [0.25, 0.3) is 33.8 Å². The number of nitriles is 1. The maximum atomic E-state index is 13.5. The summed E-state index contributed by atoms with van der Waals surface area (Å²) < 4.78 is 13.3. The van der Waals surface area contributed by atoms with E-state index in [-0.39, 0.29) is 29.6 Å². The molecule has 6 rings (SSSR count). The number of benzene rings is 2. The smallest absolute Gasteiger partial charge is 0.410 e. The van der Waals surface area contributed by atoms with Gasteiger partial charge < -0.3 is 29.0 Å². The molecule has 0 unspecified atom stereocenters. The number of carbonyl (C=O) groups is 2. The summed E-state index contributed by atoms with van der Waals surface area (Å²) in [7, 11) is 1.77. The first-order chi connectivity index (χ1) is 22.4. The molecule has 0 bridgehead atoms. The second-order valence-corrected chi connectivity index (χ2v) is 12.7. The number of imidazole rings is 1. The molecule has 3 aromatic heterocycles. The molecule has 0 saturated heterocycles. The molecule has 2 amide bonds. The van der Waals surface area contributed by atoms with E-state index in [0.29, 0.717) is 63.7 Å². The summed E-state index contributed by atoms with van der Waals surface area (Å²) >= 11 is 6.87. The summed E-state index contributed by atoms with van der Waals surface area (Å²) in [5.41, 5.74) is 5.43. The Balaban J connectivity index is 1.27. The Labute approximate surface area is 275 Å². The molecule has 5 aromatic rings. The van der Waals surface area contributed by atoms with Crippen molar-refractivity contribution in [3.05, 3.63) is 81.5 Å². The number of anilines is 1. The molecule has 0 radical (unpaired) electrons. The first kappa shape index (κ1) is 31.7. The summed E-state index contributed by atoms with van der Waals surface area (Å²) in [6.45, 7) is 7.79. The van der Waals surface area contributed by atoms with Gasteiger partial charge in [-0.15, -0.1) is 0 Å². The van der Waals surface area contributed by atoms with Gasteiger partial charge in [-0.3, -0.25) is 9.78 Å². The van der Waals surface area contributed by atoms with Crippen LogP contribution in [0.4, 0.5) is 10.5 Å². The van der Waals surface area contributed by atoms with E-state index in [9.17, 15) is 20.0 Å². The van der Waals surface area contributed by atoms with Crippen LogP contribution in [-0.4, -0.2) is 53.7 Å². The number of amides is 2. The van der Waals surface area contributed by atoms with Gasteiger partial charge in [0.2, 0.25) is 5.89 Å². The highest BCUT2D eigenvalue weighted by molar-refractivity contribution is 6.36. The maximum absolute atomic E-state index is 13.5. The van der Waals surface area contributed by atoms with Crippen LogP contribution in [-0.2, 0) is 31.4 Å². The largest absolute Gasteiger partial charge is 0.444 e. The van der Waals surface area contributed by atoms with Gasteiger partial charge >= 0.3 is 6.09 Å². The predicted molar refractivity (Wildman–Crippen MR) is 175 cm³/mol. The summed E-state index contributed by atoms with van der Waals surface area (Å²) in [6, 6.07) is 12.5. The van der Waals surface area contributed by atoms with Crippen LogP contribution in [0.2, 0.25) is 5.02 Å². The van der Waals surface area contributed by atoms with Gasteiger partial charge in [-0.2, -0.15) is 5.26 Å². The molecule has 0 atom stereocenters. The molecular formula is C34H32ClN7O5. The minimum absolute atomic E-state index is 0.186. The Morgan fingerprint density at radius 3 is 2.68 bits per heavy atom. The highest BCUT2D eigenvalue weighted by Crippen LogP contribution is 2.38. The lowest BCUT2D eigenvalue weighted by Gasteiger charge is -2.29. The van der Waals surface area contributed by atoms with E-state index in [4.69, 9.17) is 20.8 Å². The number of hydrogen-bond acceptors (Lipinski definition) is 9. The number of ether oxygens (including phenoxy) is 1. The summed E-state index contributed by atoms with van der Waals surface area (Å²) in [5, 5.41) is 22.3. The number of oxazole rings is 1. The standard InChI is InChI=1S/C34H32ClN7O5/c1-18-21(7-6-8-22(18)32-40-24-14-19(17-43)13-20(15-36)29(24)46-32)28-27(35)23(9-11-37-28)39-31(44)30-38-25-16-42(12-10-26(25)41(30)5)33(45)47-34(2,3)4/h6-9,11,13-14,43H,10,12,16-17H2,1-5H3,(H,37,39,44). The van der Waals surface area contributed by atoms with Gasteiger partial charge in [0, 0.05) is 43.0 Å². The van der Waals surface area contributed by atoms with Crippen molar-refractivity contribution in [1.82, 2.24) is 24.4 Å². The number of halogens is 1. The molecule has 1 aliphatic heterocycles. The SMILES string of the molecule is Cc1c(-c2nc3cc(CO)cc(C#N)c3o2)cccc1-c1nccc(NC(=O)c2nc3c(n2C)CCN(C(=O)OC(C)(C)C)C3)c1Cl. The van der Waals surface area contributed by atoms with Crippen LogP contribution in [0.1, 0.15) is 59.5 Å². The van der Waals surface area contributed by atoms with Gasteiger partial charge in [-0.25, -0.2) is 14.8 Å². The predicted octanol–water partition coefficient (Wildman–Crippen LogP) is 6.16. The molecule has 0 spiro atoms. The molecule has 0 fully saturated rings. The fourth-order valence-corrected chi connectivity index (χ4v) is 5.88. The number of rotatable bonds is 5. The van der Waals surface area contributed by atoms with E-state index in [2.05, 4.69) is 26.3 Å². The number of carbonyl (C=O) groups excluding carboxylic acids is 2. The van der Waals surface area contributed by atoms with Gasteiger partial charge in [0.15, 0.2) is 11.4 Å². The number of nitrogens with one attached hydrogen (secondary N) is 1. The fraction of sp³-hybridized carbons (Fsp3) is 0.294. The zero-order valence-corrected chi connectivity index (χ0v) is 27.3. The van der Waals surface area contributed by atoms with Crippen LogP contribution in [0.5, 0.6) is 0 Å². The maximum Gasteiger partial charge on any atom is 0.410 e. The number of aliphatic hydroxyl groups is 1.